The highest BCUT2D eigenvalue weighted by atomic mass is 32.2. The standard InChI is InChI=1S/C12H14F3NOS/c13-12(14,15)7-16-11(8-17)5-6-18-10-4-2-1-3-9(10)11/h1-4,16-17H,5-8H2. The molecule has 100 valence electrons. The largest absolute Gasteiger partial charge is 0.401 e. The van der Waals surface area contributed by atoms with Crippen LogP contribution in [0.4, 0.5) is 13.2 Å². The van der Waals surface area contributed by atoms with Crippen LogP contribution in [0, 0.1) is 0 Å². The summed E-state index contributed by atoms with van der Waals surface area (Å²) in [5.41, 5.74) is -0.217. The van der Waals surface area contributed by atoms with Crippen molar-refractivity contribution in [2.24, 2.45) is 0 Å². The Morgan fingerprint density at radius 1 is 1.33 bits per heavy atom. The summed E-state index contributed by atoms with van der Waals surface area (Å²) in [7, 11) is 0. The number of aliphatic hydroxyl groups excluding tert-OH is 1. The number of hydrogen-bond donors (Lipinski definition) is 2. The van der Waals surface area contributed by atoms with E-state index >= 15 is 0 Å². The van der Waals surface area contributed by atoms with E-state index in [9.17, 15) is 18.3 Å². The average molecular weight is 277 g/mol. The number of aliphatic hydroxyl groups is 1. The predicted octanol–water partition coefficient (Wildman–Crippen LogP) is 2.52. The molecule has 0 saturated carbocycles. The SMILES string of the molecule is OCC1(NCC(F)(F)F)CCSc2ccccc21. The van der Waals surface area contributed by atoms with Gasteiger partial charge < -0.3 is 5.11 Å². The van der Waals surface area contributed by atoms with E-state index in [1.807, 2.05) is 12.1 Å². The van der Waals surface area contributed by atoms with E-state index in [-0.39, 0.29) is 6.61 Å². The van der Waals surface area contributed by atoms with Crippen LogP contribution in [0.3, 0.4) is 0 Å². The van der Waals surface area contributed by atoms with Gasteiger partial charge in [0.1, 0.15) is 0 Å². The lowest BCUT2D eigenvalue weighted by molar-refractivity contribution is -0.130. The van der Waals surface area contributed by atoms with Crippen molar-refractivity contribution in [3.8, 4) is 0 Å². The van der Waals surface area contributed by atoms with E-state index in [1.165, 1.54) is 0 Å². The first-order chi connectivity index (χ1) is 8.47. The second kappa shape index (κ2) is 5.11. The first-order valence-electron chi connectivity index (χ1n) is 5.62. The molecule has 0 bridgehead atoms. The number of thioether (sulfide) groups is 1. The van der Waals surface area contributed by atoms with Crippen molar-refractivity contribution in [1.82, 2.24) is 5.32 Å². The van der Waals surface area contributed by atoms with Crippen molar-refractivity contribution >= 4 is 11.8 Å². The lowest BCUT2D eigenvalue weighted by atomic mass is 9.87. The summed E-state index contributed by atoms with van der Waals surface area (Å²) < 4.78 is 37.0. The van der Waals surface area contributed by atoms with Crippen LogP contribution in [-0.2, 0) is 5.54 Å². The summed E-state index contributed by atoms with van der Waals surface area (Å²) in [6, 6.07) is 7.29. The van der Waals surface area contributed by atoms with Crippen LogP contribution in [0.2, 0.25) is 0 Å². The molecule has 0 aliphatic carbocycles. The van der Waals surface area contributed by atoms with Gasteiger partial charge in [0.2, 0.25) is 0 Å². The van der Waals surface area contributed by atoms with Gasteiger partial charge in [0.15, 0.2) is 0 Å². The molecule has 1 aliphatic rings. The normalized spacial score (nSPS) is 23.8. The number of halogens is 3. The van der Waals surface area contributed by atoms with E-state index in [0.717, 1.165) is 10.5 Å². The van der Waals surface area contributed by atoms with E-state index in [0.29, 0.717) is 12.2 Å². The van der Waals surface area contributed by atoms with Gasteiger partial charge >= 0.3 is 6.18 Å². The molecular weight excluding hydrogens is 263 g/mol. The van der Waals surface area contributed by atoms with Crippen LogP contribution >= 0.6 is 11.8 Å². The minimum absolute atomic E-state index is 0.333. The first-order valence-corrected chi connectivity index (χ1v) is 6.60. The van der Waals surface area contributed by atoms with Gasteiger partial charge in [-0.05, 0) is 18.1 Å². The van der Waals surface area contributed by atoms with E-state index in [2.05, 4.69) is 5.32 Å². The Kier molecular flexibility index (Phi) is 3.89. The van der Waals surface area contributed by atoms with Gasteiger partial charge in [-0.3, -0.25) is 5.32 Å². The van der Waals surface area contributed by atoms with Crippen molar-refractivity contribution in [3.63, 3.8) is 0 Å². The third-order valence-corrected chi connectivity index (χ3v) is 4.16. The van der Waals surface area contributed by atoms with Gasteiger partial charge in [0.25, 0.3) is 0 Å². The molecule has 0 fully saturated rings. The first kappa shape index (κ1) is 13.7. The van der Waals surface area contributed by atoms with Crippen LogP contribution in [0.25, 0.3) is 0 Å². The topological polar surface area (TPSA) is 32.3 Å². The fourth-order valence-corrected chi connectivity index (χ4v) is 3.40. The Balaban J connectivity index is 2.28. The monoisotopic (exact) mass is 277 g/mol. The quantitative estimate of drug-likeness (QED) is 0.890. The van der Waals surface area contributed by atoms with Crippen LogP contribution in [0.1, 0.15) is 12.0 Å². The van der Waals surface area contributed by atoms with Crippen LogP contribution in [0.15, 0.2) is 29.2 Å². The van der Waals surface area contributed by atoms with Crippen LogP contribution in [0.5, 0.6) is 0 Å². The number of hydrogen-bond acceptors (Lipinski definition) is 3. The molecule has 0 spiro atoms. The van der Waals surface area contributed by atoms with Crippen molar-refractivity contribution in [1.29, 1.82) is 0 Å². The molecule has 0 amide bonds. The molecule has 1 unspecified atom stereocenters. The summed E-state index contributed by atoms with van der Waals surface area (Å²) in [5, 5.41) is 12.0. The third kappa shape index (κ3) is 2.81. The van der Waals surface area contributed by atoms with E-state index in [4.69, 9.17) is 0 Å². The molecule has 6 heteroatoms. The maximum atomic E-state index is 12.3. The molecule has 2 rings (SSSR count). The summed E-state index contributed by atoms with van der Waals surface area (Å²) in [6.07, 6.45) is -3.79. The van der Waals surface area contributed by atoms with Gasteiger partial charge in [-0.25, -0.2) is 0 Å². The van der Waals surface area contributed by atoms with Crippen molar-refractivity contribution in [2.45, 2.75) is 23.0 Å². The predicted molar refractivity (Wildman–Crippen MR) is 64.6 cm³/mol. The minimum atomic E-state index is -4.28. The molecule has 1 aromatic rings. The lowest BCUT2D eigenvalue weighted by Crippen LogP contribution is -2.51. The summed E-state index contributed by atoms with van der Waals surface area (Å²) >= 11 is 1.61. The smallest absolute Gasteiger partial charge is 0.394 e. The fraction of sp³-hybridized carbons (Fsp3) is 0.500. The van der Waals surface area contributed by atoms with Crippen molar-refractivity contribution < 1.29 is 18.3 Å². The Morgan fingerprint density at radius 3 is 2.72 bits per heavy atom. The number of alkyl halides is 3. The highest BCUT2D eigenvalue weighted by molar-refractivity contribution is 7.99. The third-order valence-electron chi connectivity index (χ3n) is 3.09. The average Bonchev–Trinajstić information content (AvgIpc) is 2.35. The molecule has 0 aromatic heterocycles. The van der Waals surface area contributed by atoms with Crippen LogP contribution in [-0.4, -0.2) is 30.2 Å². The number of fused-ring (bicyclic) bond motifs is 1. The zero-order valence-electron chi connectivity index (χ0n) is 9.63. The molecule has 2 N–H and O–H groups in total. The minimum Gasteiger partial charge on any atom is -0.394 e. The Bertz CT molecular complexity index is 424. The molecular formula is C12H14F3NOS. The molecule has 18 heavy (non-hydrogen) atoms. The van der Waals surface area contributed by atoms with Gasteiger partial charge in [-0.15, -0.1) is 11.8 Å². The van der Waals surface area contributed by atoms with Crippen LogP contribution < -0.4 is 5.32 Å². The van der Waals surface area contributed by atoms with Gasteiger partial charge in [-0.1, -0.05) is 18.2 Å². The zero-order valence-corrected chi connectivity index (χ0v) is 10.4. The highest BCUT2D eigenvalue weighted by Crippen LogP contribution is 2.40. The zero-order chi connectivity index (χ0) is 13.2. The molecule has 1 aromatic carbocycles. The fourth-order valence-electron chi connectivity index (χ4n) is 2.13. The van der Waals surface area contributed by atoms with Crippen molar-refractivity contribution in [3.05, 3.63) is 29.8 Å². The molecule has 1 heterocycles. The number of benzene rings is 1. The maximum Gasteiger partial charge on any atom is 0.401 e. The molecule has 1 atom stereocenters. The summed E-state index contributed by atoms with van der Waals surface area (Å²) in [6.45, 7) is -1.42. The Hall–Kier alpha value is -0.720. The van der Waals surface area contributed by atoms with E-state index < -0.39 is 18.3 Å². The second-order valence-electron chi connectivity index (χ2n) is 4.30. The highest BCUT2D eigenvalue weighted by Gasteiger charge is 2.39. The summed E-state index contributed by atoms with van der Waals surface area (Å²) in [4.78, 5) is 0.937. The molecule has 1 aliphatic heterocycles. The Labute approximate surface area is 108 Å². The number of nitrogens with one attached hydrogen (secondary N) is 1. The second-order valence-corrected chi connectivity index (χ2v) is 5.44. The summed E-state index contributed by atoms with van der Waals surface area (Å²) in [5.74, 6) is 0.697. The van der Waals surface area contributed by atoms with E-state index in [1.54, 1.807) is 23.9 Å². The lowest BCUT2D eigenvalue weighted by Gasteiger charge is -2.38. The van der Waals surface area contributed by atoms with Crippen molar-refractivity contribution in [2.75, 3.05) is 18.9 Å². The Morgan fingerprint density at radius 2 is 2.06 bits per heavy atom. The molecule has 0 saturated heterocycles. The van der Waals surface area contributed by atoms with Gasteiger partial charge in [-0.2, -0.15) is 13.2 Å². The molecule has 0 radical (unpaired) electrons. The molecule has 2 nitrogen and oxygen atoms in total. The van der Waals surface area contributed by atoms with Gasteiger partial charge in [0.05, 0.1) is 18.7 Å². The van der Waals surface area contributed by atoms with Gasteiger partial charge in [0, 0.05) is 10.6 Å². The maximum absolute atomic E-state index is 12.3. The number of rotatable bonds is 3.